The highest BCUT2D eigenvalue weighted by molar-refractivity contribution is 5.96. The highest BCUT2D eigenvalue weighted by Crippen LogP contribution is 2.32. The number of likely N-dealkylation sites (tertiary alicyclic amines) is 1. The Morgan fingerprint density at radius 1 is 1.12 bits per heavy atom. The third-order valence-electron chi connectivity index (χ3n) is 7.09. The van der Waals surface area contributed by atoms with Crippen LogP contribution < -0.4 is 16.0 Å². The van der Waals surface area contributed by atoms with Crippen LogP contribution in [0.5, 0.6) is 0 Å². The first-order valence-corrected chi connectivity index (χ1v) is 12.1. The van der Waals surface area contributed by atoms with Crippen molar-refractivity contribution in [3.05, 3.63) is 46.9 Å². The zero-order valence-corrected chi connectivity index (χ0v) is 20.8. The lowest BCUT2D eigenvalue weighted by Gasteiger charge is -2.45. The Labute approximate surface area is 202 Å². The molecule has 0 radical (unpaired) electrons. The zero-order chi connectivity index (χ0) is 24.5. The fourth-order valence-electron chi connectivity index (χ4n) is 4.78. The van der Waals surface area contributed by atoms with Crippen molar-refractivity contribution in [3.63, 3.8) is 0 Å². The lowest BCUT2D eigenvalue weighted by atomic mass is 9.87. The average molecular weight is 468 g/mol. The molecule has 3 heterocycles. The first-order chi connectivity index (χ1) is 16.0. The first-order valence-electron chi connectivity index (χ1n) is 12.1. The van der Waals surface area contributed by atoms with Crippen molar-refractivity contribution in [2.24, 2.45) is 5.73 Å². The van der Waals surface area contributed by atoms with Gasteiger partial charge in [0.05, 0.1) is 39.4 Å². The van der Waals surface area contributed by atoms with Crippen molar-refractivity contribution >= 4 is 23.2 Å². The second kappa shape index (κ2) is 9.48. The summed E-state index contributed by atoms with van der Waals surface area (Å²) in [5.74, 6) is 0.892. The number of rotatable bonds is 5. The van der Waals surface area contributed by atoms with Crippen molar-refractivity contribution in [1.29, 1.82) is 0 Å². The third-order valence-corrected chi connectivity index (χ3v) is 7.09. The highest BCUT2D eigenvalue weighted by Gasteiger charge is 2.28. The summed E-state index contributed by atoms with van der Waals surface area (Å²) < 4.78 is -0.254. The summed E-state index contributed by atoms with van der Waals surface area (Å²) in [6, 6.07) is 8.34. The van der Waals surface area contributed by atoms with Crippen LogP contribution in [0.25, 0.3) is 0 Å². The molecule has 2 fully saturated rings. The Morgan fingerprint density at radius 3 is 2.29 bits per heavy atom. The Hall–Kier alpha value is -2.75. The van der Waals surface area contributed by atoms with E-state index >= 15 is 0 Å². The van der Waals surface area contributed by atoms with E-state index in [2.05, 4.69) is 53.1 Å². The maximum atomic E-state index is 12.2. The molecule has 2 saturated heterocycles. The van der Waals surface area contributed by atoms with E-state index in [9.17, 15) is 10.0 Å². The van der Waals surface area contributed by atoms with Crippen molar-refractivity contribution < 1.29 is 9.44 Å². The number of anilines is 3. The number of benzene rings is 1. The standard InChI is InChI=1S/C25H37N7O2/c1-25(2,3)31-11-9-19(10-12-31)18-5-7-20(8-6-18)28-24-22(23(26)33)27-17-21(29-24)30-13-15-32(4,34)16-14-30/h5-8,17,19H,9-16H2,1-4H3,(H2,26,33)(H,28,29). The number of piperidine rings is 1. The Bertz CT molecular complexity index is 999. The van der Waals surface area contributed by atoms with Gasteiger partial charge in [-0.15, -0.1) is 0 Å². The van der Waals surface area contributed by atoms with Gasteiger partial charge in [0.2, 0.25) is 0 Å². The maximum absolute atomic E-state index is 12.2. The van der Waals surface area contributed by atoms with Crippen LogP contribution in [0.15, 0.2) is 30.5 Å². The number of carbonyl (C=O) groups excluding carboxylic acids is 1. The smallest absolute Gasteiger partial charge is 0.271 e. The monoisotopic (exact) mass is 467 g/mol. The topological polar surface area (TPSA) is 110 Å². The van der Waals surface area contributed by atoms with Crippen molar-refractivity contribution in [3.8, 4) is 0 Å². The van der Waals surface area contributed by atoms with E-state index in [4.69, 9.17) is 5.73 Å². The number of hydrogen-bond acceptors (Lipinski definition) is 7. The number of primary amides is 1. The van der Waals surface area contributed by atoms with Crippen LogP contribution >= 0.6 is 0 Å². The molecule has 0 aliphatic carbocycles. The summed E-state index contributed by atoms with van der Waals surface area (Å²) in [5, 5.41) is 15.4. The molecule has 0 bridgehead atoms. The van der Waals surface area contributed by atoms with Crippen LogP contribution in [0.3, 0.4) is 0 Å². The number of nitrogens with zero attached hydrogens (tertiary/aromatic N) is 5. The van der Waals surface area contributed by atoms with Gasteiger partial charge in [-0.2, -0.15) is 0 Å². The van der Waals surface area contributed by atoms with Crippen LogP contribution in [0, 0.1) is 5.21 Å². The summed E-state index contributed by atoms with van der Waals surface area (Å²) in [6.45, 7) is 11.2. The van der Waals surface area contributed by atoms with Crippen LogP contribution in [0.1, 0.15) is 55.6 Å². The minimum Gasteiger partial charge on any atom is -0.633 e. The minimum absolute atomic E-state index is 0.101. The summed E-state index contributed by atoms with van der Waals surface area (Å²) in [5.41, 5.74) is 8.03. The molecule has 0 saturated carbocycles. The number of hydrogen-bond donors (Lipinski definition) is 2. The summed E-state index contributed by atoms with van der Waals surface area (Å²) in [7, 11) is 1.68. The summed E-state index contributed by atoms with van der Waals surface area (Å²) in [4.78, 5) is 25.4. The fraction of sp³-hybridized carbons (Fsp3) is 0.560. The molecule has 184 valence electrons. The summed E-state index contributed by atoms with van der Waals surface area (Å²) >= 11 is 0. The zero-order valence-electron chi connectivity index (χ0n) is 20.8. The number of amides is 1. The highest BCUT2D eigenvalue weighted by atomic mass is 16.5. The number of nitrogens with two attached hydrogens (primary N) is 1. The van der Waals surface area contributed by atoms with Gasteiger partial charge in [-0.3, -0.25) is 9.69 Å². The van der Waals surface area contributed by atoms with E-state index in [1.165, 1.54) is 5.56 Å². The molecule has 2 aliphatic heterocycles. The number of nitrogens with one attached hydrogen (secondary N) is 1. The van der Waals surface area contributed by atoms with Gasteiger partial charge >= 0.3 is 0 Å². The molecule has 4 rings (SSSR count). The number of quaternary nitrogens is 1. The molecule has 1 aromatic heterocycles. The Balaban J connectivity index is 1.46. The number of hydroxylamine groups is 3. The summed E-state index contributed by atoms with van der Waals surface area (Å²) in [6.07, 6.45) is 3.86. The van der Waals surface area contributed by atoms with Gasteiger partial charge in [0.15, 0.2) is 11.5 Å². The second-order valence-corrected chi connectivity index (χ2v) is 10.7. The van der Waals surface area contributed by atoms with Crippen LogP contribution in [-0.4, -0.2) is 77.3 Å². The third kappa shape index (κ3) is 5.65. The van der Waals surface area contributed by atoms with Gasteiger partial charge in [0.25, 0.3) is 5.91 Å². The Kier molecular flexibility index (Phi) is 6.80. The quantitative estimate of drug-likeness (QED) is 0.514. The van der Waals surface area contributed by atoms with Crippen molar-refractivity contribution in [2.45, 2.75) is 45.1 Å². The van der Waals surface area contributed by atoms with E-state index in [-0.39, 0.29) is 15.9 Å². The number of aromatic nitrogens is 2. The van der Waals surface area contributed by atoms with Gasteiger partial charge in [-0.25, -0.2) is 9.97 Å². The predicted molar refractivity (Wildman–Crippen MR) is 135 cm³/mol. The van der Waals surface area contributed by atoms with E-state index in [0.717, 1.165) is 31.6 Å². The minimum atomic E-state index is -0.633. The first kappa shape index (κ1) is 24.4. The van der Waals surface area contributed by atoms with Gasteiger partial charge in [-0.05, 0) is 70.3 Å². The van der Waals surface area contributed by atoms with Crippen LogP contribution in [0.4, 0.5) is 17.3 Å². The van der Waals surface area contributed by atoms with E-state index < -0.39 is 5.91 Å². The molecule has 1 amide bonds. The maximum Gasteiger partial charge on any atom is 0.271 e. The lowest BCUT2D eigenvalue weighted by Crippen LogP contribution is -2.54. The van der Waals surface area contributed by atoms with E-state index in [0.29, 0.717) is 43.7 Å². The molecule has 3 N–H and O–H groups in total. The van der Waals surface area contributed by atoms with E-state index in [1.807, 2.05) is 17.0 Å². The van der Waals surface area contributed by atoms with E-state index in [1.54, 1.807) is 13.2 Å². The Morgan fingerprint density at radius 2 is 1.74 bits per heavy atom. The largest absolute Gasteiger partial charge is 0.633 e. The van der Waals surface area contributed by atoms with Crippen molar-refractivity contribution in [1.82, 2.24) is 14.9 Å². The van der Waals surface area contributed by atoms with Gasteiger partial charge in [0, 0.05) is 11.2 Å². The van der Waals surface area contributed by atoms with Crippen molar-refractivity contribution in [2.75, 3.05) is 56.5 Å². The molecule has 2 aromatic rings. The SMILES string of the molecule is CC(C)(C)N1CCC(c2ccc(Nc3nc(N4CC[N+](C)([O-])CC4)cnc3C(N)=O)cc2)CC1. The molecule has 9 heteroatoms. The molecule has 9 nitrogen and oxygen atoms in total. The van der Waals surface area contributed by atoms with Crippen LogP contribution in [-0.2, 0) is 0 Å². The van der Waals surface area contributed by atoms with Gasteiger partial charge < -0.3 is 25.8 Å². The molecule has 1 aromatic carbocycles. The fourth-order valence-corrected chi connectivity index (χ4v) is 4.78. The average Bonchev–Trinajstić information content (AvgIpc) is 2.79. The normalized spacial score (nSPS) is 19.7. The molecule has 0 unspecified atom stereocenters. The number of likely N-dealkylation sites (N-methyl/N-ethyl adjacent to an activating group) is 1. The predicted octanol–water partition coefficient (Wildman–Crippen LogP) is 3.06. The van der Waals surface area contributed by atoms with Gasteiger partial charge in [-0.1, -0.05) is 12.1 Å². The number of carbonyl (C=O) groups is 1. The molecular weight excluding hydrogens is 430 g/mol. The lowest BCUT2D eigenvalue weighted by molar-refractivity contribution is -0.861. The molecular formula is C25H37N7O2. The molecule has 0 spiro atoms. The molecule has 34 heavy (non-hydrogen) atoms. The van der Waals surface area contributed by atoms with Crippen LogP contribution in [0.2, 0.25) is 0 Å². The molecule has 0 atom stereocenters. The number of piperazine rings is 1. The van der Waals surface area contributed by atoms with Gasteiger partial charge in [0.1, 0.15) is 5.82 Å². The molecule has 2 aliphatic rings. The second-order valence-electron chi connectivity index (χ2n) is 10.7.